The van der Waals surface area contributed by atoms with E-state index >= 15 is 0 Å². The Hall–Kier alpha value is -2.95. The number of alkyl halides is 3. The Morgan fingerprint density at radius 1 is 1.00 bits per heavy atom. The van der Waals surface area contributed by atoms with Crippen LogP contribution in [-0.4, -0.2) is 39.6 Å². The second-order valence-corrected chi connectivity index (χ2v) is 10.3. The minimum atomic E-state index is -4.64. The zero-order valence-electron chi connectivity index (χ0n) is 18.5. The van der Waals surface area contributed by atoms with Crippen LogP contribution in [0.15, 0.2) is 71.6 Å². The number of ether oxygens (including phenoxy) is 2. The van der Waals surface area contributed by atoms with Crippen LogP contribution < -0.4 is 14.2 Å². The number of nitrogens with one attached hydrogen (secondary N) is 1. The first kappa shape index (κ1) is 25.2. The van der Waals surface area contributed by atoms with Crippen LogP contribution in [-0.2, 0) is 16.2 Å². The SMILES string of the molecule is CN1CC[C@@H](Oc2cc(NS(=O)(=O)c3ccc(Oc4ccc(Cl)cc4)cc3)ccc2C(F)(F)F)C1. The summed E-state index contributed by atoms with van der Waals surface area (Å²) >= 11 is 5.85. The molecule has 0 unspecified atom stereocenters. The standard InChI is InChI=1S/C24H22ClF3N2O4S/c1-30-13-12-20(15-30)34-23-14-17(4-11-22(23)24(26,27)28)29-35(31,32)21-9-7-19(8-10-21)33-18-5-2-16(25)3-6-18/h2-11,14,20,29H,12-13,15H2,1H3/t20-/m1/s1. The molecule has 3 aromatic rings. The lowest BCUT2D eigenvalue weighted by Gasteiger charge is -2.19. The van der Waals surface area contributed by atoms with Crippen LogP contribution in [0.3, 0.4) is 0 Å². The first-order valence-corrected chi connectivity index (χ1v) is 12.5. The highest BCUT2D eigenvalue weighted by atomic mass is 35.5. The van der Waals surface area contributed by atoms with Gasteiger partial charge in [-0.1, -0.05) is 11.6 Å². The van der Waals surface area contributed by atoms with Crippen LogP contribution in [0, 0.1) is 0 Å². The number of nitrogens with zero attached hydrogens (tertiary/aromatic N) is 1. The second kappa shape index (κ2) is 9.96. The van der Waals surface area contributed by atoms with E-state index in [1.165, 1.54) is 24.3 Å². The van der Waals surface area contributed by atoms with Gasteiger partial charge in [0.15, 0.2) is 0 Å². The van der Waals surface area contributed by atoms with Crippen LogP contribution in [0.1, 0.15) is 12.0 Å². The predicted molar refractivity (Wildman–Crippen MR) is 127 cm³/mol. The summed E-state index contributed by atoms with van der Waals surface area (Å²) in [5.74, 6) is 0.511. The van der Waals surface area contributed by atoms with Gasteiger partial charge in [-0.3, -0.25) is 4.72 Å². The third kappa shape index (κ3) is 6.39. The van der Waals surface area contributed by atoms with Crippen molar-refractivity contribution in [3.8, 4) is 17.2 Å². The molecule has 1 N–H and O–H groups in total. The fourth-order valence-corrected chi connectivity index (χ4v) is 4.80. The molecule has 1 fully saturated rings. The molecule has 11 heteroatoms. The average Bonchev–Trinajstić information content (AvgIpc) is 3.19. The second-order valence-electron chi connectivity index (χ2n) is 8.13. The molecule has 1 heterocycles. The maximum Gasteiger partial charge on any atom is 0.419 e. The summed E-state index contributed by atoms with van der Waals surface area (Å²) in [6.07, 6.45) is -4.48. The molecule has 35 heavy (non-hydrogen) atoms. The van der Waals surface area contributed by atoms with E-state index in [1.807, 2.05) is 11.9 Å². The summed E-state index contributed by atoms with van der Waals surface area (Å²) in [4.78, 5) is 1.87. The van der Waals surface area contributed by atoms with Crippen LogP contribution in [0.4, 0.5) is 18.9 Å². The third-order valence-electron chi connectivity index (χ3n) is 5.36. The van der Waals surface area contributed by atoms with Gasteiger partial charge < -0.3 is 14.4 Å². The molecule has 4 rings (SSSR count). The van der Waals surface area contributed by atoms with Crippen molar-refractivity contribution in [3.05, 3.63) is 77.3 Å². The molecule has 1 aliphatic heterocycles. The molecule has 6 nitrogen and oxygen atoms in total. The van der Waals surface area contributed by atoms with E-state index in [9.17, 15) is 21.6 Å². The van der Waals surface area contributed by atoms with Crippen molar-refractivity contribution < 1.29 is 31.1 Å². The van der Waals surface area contributed by atoms with Gasteiger partial charge in [0.2, 0.25) is 0 Å². The Bertz CT molecular complexity index is 1280. The maximum absolute atomic E-state index is 13.5. The van der Waals surface area contributed by atoms with Crippen molar-refractivity contribution in [2.45, 2.75) is 23.6 Å². The molecule has 0 spiro atoms. The number of likely N-dealkylation sites (tertiary alicyclic amines) is 1. The molecule has 186 valence electrons. The summed E-state index contributed by atoms with van der Waals surface area (Å²) < 4.78 is 79.8. The quantitative estimate of drug-likeness (QED) is 0.407. The number of hydrogen-bond acceptors (Lipinski definition) is 5. The minimum absolute atomic E-state index is 0.0409. The van der Waals surface area contributed by atoms with Crippen molar-refractivity contribution in [2.75, 3.05) is 24.9 Å². The Labute approximate surface area is 206 Å². The van der Waals surface area contributed by atoms with Gasteiger partial charge >= 0.3 is 6.18 Å². The number of benzene rings is 3. The van der Waals surface area contributed by atoms with E-state index in [0.717, 1.165) is 18.2 Å². The van der Waals surface area contributed by atoms with Crippen molar-refractivity contribution in [2.24, 2.45) is 0 Å². The van der Waals surface area contributed by atoms with Crippen LogP contribution in [0.2, 0.25) is 5.02 Å². The van der Waals surface area contributed by atoms with Crippen molar-refractivity contribution in [1.29, 1.82) is 0 Å². The Morgan fingerprint density at radius 2 is 1.63 bits per heavy atom. The van der Waals surface area contributed by atoms with E-state index in [0.29, 0.717) is 36.0 Å². The smallest absolute Gasteiger partial charge is 0.419 e. The van der Waals surface area contributed by atoms with E-state index in [1.54, 1.807) is 24.3 Å². The highest BCUT2D eigenvalue weighted by Crippen LogP contribution is 2.39. The van der Waals surface area contributed by atoms with Crippen LogP contribution in [0.25, 0.3) is 0 Å². The van der Waals surface area contributed by atoms with E-state index in [-0.39, 0.29) is 10.6 Å². The zero-order valence-corrected chi connectivity index (χ0v) is 20.1. The molecule has 0 aliphatic carbocycles. The van der Waals surface area contributed by atoms with Gasteiger partial charge in [0, 0.05) is 24.2 Å². The molecule has 0 saturated carbocycles. The topological polar surface area (TPSA) is 67.9 Å². The molecule has 1 saturated heterocycles. The van der Waals surface area contributed by atoms with E-state index < -0.39 is 33.6 Å². The van der Waals surface area contributed by atoms with E-state index in [4.69, 9.17) is 21.1 Å². The van der Waals surface area contributed by atoms with Gasteiger partial charge in [-0.2, -0.15) is 13.2 Å². The molecule has 1 aliphatic rings. The van der Waals surface area contributed by atoms with Crippen molar-refractivity contribution in [3.63, 3.8) is 0 Å². The molecule has 0 aromatic heterocycles. The monoisotopic (exact) mass is 526 g/mol. The molecule has 3 aromatic carbocycles. The lowest BCUT2D eigenvalue weighted by atomic mass is 10.1. The lowest BCUT2D eigenvalue weighted by molar-refractivity contribution is -0.139. The van der Waals surface area contributed by atoms with Crippen LogP contribution in [0.5, 0.6) is 17.2 Å². The normalized spacial score (nSPS) is 16.8. The summed E-state index contributed by atoms with van der Waals surface area (Å²) in [7, 11) is -2.23. The number of sulfonamides is 1. The highest BCUT2D eigenvalue weighted by Gasteiger charge is 2.36. The zero-order chi connectivity index (χ0) is 25.2. The number of rotatable bonds is 7. The van der Waals surface area contributed by atoms with Gasteiger partial charge in [0.25, 0.3) is 10.0 Å². The predicted octanol–water partition coefficient (Wildman–Crippen LogP) is 6.03. The maximum atomic E-state index is 13.5. The van der Waals surface area contributed by atoms with Gasteiger partial charge in [-0.15, -0.1) is 0 Å². The summed E-state index contributed by atoms with van der Waals surface area (Å²) in [5.41, 5.74) is -1.00. The molecule has 0 bridgehead atoms. The molecule has 0 amide bonds. The fraction of sp³-hybridized carbons (Fsp3) is 0.250. The van der Waals surface area contributed by atoms with Gasteiger partial charge in [-0.25, -0.2) is 8.42 Å². The van der Waals surface area contributed by atoms with E-state index in [2.05, 4.69) is 4.72 Å². The number of likely N-dealkylation sites (N-methyl/N-ethyl adjacent to an activating group) is 1. The Morgan fingerprint density at radius 3 is 2.20 bits per heavy atom. The lowest BCUT2D eigenvalue weighted by Crippen LogP contribution is -2.23. The Balaban J connectivity index is 1.52. The largest absolute Gasteiger partial charge is 0.488 e. The molecule has 0 radical (unpaired) electrons. The van der Waals surface area contributed by atoms with Crippen LogP contribution >= 0.6 is 11.6 Å². The van der Waals surface area contributed by atoms with Gasteiger partial charge in [-0.05, 0) is 74.1 Å². The first-order chi connectivity index (χ1) is 16.5. The average molecular weight is 527 g/mol. The Kier molecular flexibility index (Phi) is 7.16. The molecule has 1 atom stereocenters. The fourth-order valence-electron chi connectivity index (χ4n) is 3.63. The van der Waals surface area contributed by atoms with Crippen molar-refractivity contribution >= 4 is 27.3 Å². The van der Waals surface area contributed by atoms with Gasteiger partial charge in [0.05, 0.1) is 16.1 Å². The summed E-state index contributed by atoms with van der Waals surface area (Å²) in [5, 5.41) is 0.553. The van der Waals surface area contributed by atoms with Crippen molar-refractivity contribution in [1.82, 2.24) is 4.90 Å². The van der Waals surface area contributed by atoms with Gasteiger partial charge in [0.1, 0.15) is 23.4 Å². The molecular weight excluding hydrogens is 505 g/mol. The number of hydrogen-bond donors (Lipinski definition) is 1. The minimum Gasteiger partial charge on any atom is -0.488 e. The molecular formula is C24H22ClF3N2O4S. The summed E-state index contributed by atoms with van der Waals surface area (Å²) in [6, 6.07) is 15.2. The highest BCUT2D eigenvalue weighted by molar-refractivity contribution is 7.92. The summed E-state index contributed by atoms with van der Waals surface area (Å²) in [6.45, 7) is 1.19. The first-order valence-electron chi connectivity index (χ1n) is 10.6. The number of halogens is 4. The third-order valence-corrected chi connectivity index (χ3v) is 7.01. The number of anilines is 1.